The summed E-state index contributed by atoms with van der Waals surface area (Å²) in [5.74, 6) is 0.966. The first kappa shape index (κ1) is 16.2. The van der Waals surface area contributed by atoms with Crippen molar-refractivity contribution in [1.29, 1.82) is 0 Å². The van der Waals surface area contributed by atoms with Gasteiger partial charge in [-0.3, -0.25) is 0 Å². The second-order valence-electron chi connectivity index (χ2n) is 6.08. The van der Waals surface area contributed by atoms with Crippen LogP contribution in [0.25, 0.3) is 0 Å². The maximum Gasteiger partial charge on any atom is 0.321 e. The molecule has 1 aliphatic rings. The highest BCUT2D eigenvalue weighted by atomic mass is 32.2. The fourth-order valence-electron chi connectivity index (χ4n) is 2.30. The van der Waals surface area contributed by atoms with Gasteiger partial charge in [0.05, 0.1) is 6.10 Å². The van der Waals surface area contributed by atoms with E-state index >= 15 is 0 Å². The van der Waals surface area contributed by atoms with Gasteiger partial charge in [-0.2, -0.15) is 11.8 Å². The van der Waals surface area contributed by atoms with Crippen LogP contribution in [0.5, 0.6) is 0 Å². The summed E-state index contributed by atoms with van der Waals surface area (Å²) in [6.07, 6.45) is 0.468. The number of hydrogen-bond acceptors (Lipinski definition) is 3. The number of urea groups is 1. The van der Waals surface area contributed by atoms with E-state index in [2.05, 4.69) is 19.2 Å². The number of hydrogen-bond donors (Lipinski definition) is 2. The van der Waals surface area contributed by atoms with Gasteiger partial charge in [0.1, 0.15) is 0 Å². The van der Waals surface area contributed by atoms with Crippen LogP contribution in [0.15, 0.2) is 24.3 Å². The van der Waals surface area contributed by atoms with Crippen molar-refractivity contribution in [2.75, 3.05) is 24.2 Å². The minimum Gasteiger partial charge on any atom is -0.389 e. The first-order valence-electron chi connectivity index (χ1n) is 7.35. The van der Waals surface area contributed by atoms with Gasteiger partial charge in [0.2, 0.25) is 0 Å². The maximum absolute atomic E-state index is 12.4. The lowest BCUT2D eigenvalue weighted by molar-refractivity contribution is 0.199. The summed E-state index contributed by atoms with van der Waals surface area (Å²) in [5, 5.41) is 12.5. The Morgan fingerprint density at radius 3 is 2.90 bits per heavy atom. The highest BCUT2D eigenvalue weighted by Crippen LogP contribution is 2.30. The van der Waals surface area contributed by atoms with Gasteiger partial charge < -0.3 is 15.3 Å². The first-order valence-corrected chi connectivity index (χ1v) is 8.34. The molecule has 0 aliphatic carbocycles. The van der Waals surface area contributed by atoms with Crippen molar-refractivity contribution in [3.63, 3.8) is 0 Å². The van der Waals surface area contributed by atoms with E-state index in [4.69, 9.17) is 0 Å². The molecule has 1 fully saturated rings. The van der Waals surface area contributed by atoms with Crippen LogP contribution in [0.1, 0.15) is 38.9 Å². The molecule has 116 valence electrons. The third-order valence-corrected chi connectivity index (χ3v) is 5.12. The van der Waals surface area contributed by atoms with Gasteiger partial charge in [-0.05, 0) is 31.0 Å². The molecule has 0 saturated carbocycles. The molecular weight excluding hydrogens is 284 g/mol. The van der Waals surface area contributed by atoms with Crippen LogP contribution < -0.4 is 5.32 Å². The molecule has 4 nitrogen and oxygen atoms in total. The molecule has 2 amide bonds. The molecular formula is C16H24N2O2S. The number of aliphatic hydroxyl groups excluding tert-OH is 1. The Labute approximate surface area is 130 Å². The van der Waals surface area contributed by atoms with E-state index in [9.17, 15) is 9.90 Å². The number of thioether (sulfide) groups is 1. The number of aliphatic hydroxyl groups is 1. The Morgan fingerprint density at radius 2 is 2.19 bits per heavy atom. The minimum absolute atomic E-state index is 0.0592. The SMILES string of the molecule is CC(O)c1cccc(NC(=O)N2CCSC(C)(C)CC2)c1. The van der Waals surface area contributed by atoms with Gasteiger partial charge in [-0.15, -0.1) is 0 Å². The number of benzene rings is 1. The number of amides is 2. The Balaban J connectivity index is 1.99. The molecule has 1 heterocycles. The zero-order valence-corrected chi connectivity index (χ0v) is 13.7. The summed E-state index contributed by atoms with van der Waals surface area (Å²) in [6, 6.07) is 7.31. The van der Waals surface area contributed by atoms with Crippen LogP contribution in [-0.4, -0.2) is 39.6 Å². The lowest BCUT2D eigenvalue weighted by atomic mass is 10.1. The summed E-state index contributed by atoms with van der Waals surface area (Å²) < 4.78 is 0.237. The minimum atomic E-state index is -0.530. The van der Waals surface area contributed by atoms with Crippen molar-refractivity contribution in [2.45, 2.75) is 38.0 Å². The van der Waals surface area contributed by atoms with E-state index in [1.807, 2.05) is 40.9 Å². The predicted octanol–water partition coefficient (Wildman–Crippen LogP) is 3.49. The third kappa shape index (κ3) is 4.64. The van der Waals surface area contributed by atoms with E-state index in [0.29, 0.717) is 0 Å². The van der Waals surface area contributed by atoms with Gasteiger partial charge in [0, 0.05) is 29.3 Å². The number of nitrogens with one attached hydrogen (secondary N) is 1. The Kier molecular flexibility index (Phi) is 5.17. The van der Waals surface area contributed by atoms with Crippen molar-refractivity contribution in [3.05, 3.63) is 29.8 Å². The van der Waals surface area contributed by atoms with Crippen LogP contribution in [-0.2, 0) is 0 Å². The highest BCUT2D eigenvalue weighted by Gasteiger charge is 2.25. The number of rotatable bonds is 2. The molecule has 1 aromatic carbocycles. The van der Waals surface area contributed by atoms with E-state index in [1.54, 1.807) is 6.92 Å². The number of anilines is 1. The topological polar surface area (TPSA) is 52.6 Å². The third-order valence-electron chi connectivity index (χ3n) is 3.75. The number of nitrogens with zero attached hydrogens (tertiary/aromatic N) is 1. The molecule has 1 atom stereocenters. The molecule has 0 bridgehead atoms. The fourth-order valence-corrected chi connectivity index (χ4v) is 3.40. The van der Waals surface area contributed by atoms with Gasteiger partial charge in [-0.1, -0.05) is 26.0 Å². The van der Waals surface area contributed by atoms with Crippen molar-refractivity contribution in [1.82, 2.24) is 4.90 Å². The summed E-state index contributed by atoms with van der Waals surface area (Å²) in [6.45, 7) is 7.73. The lowest BCUT2D eigenvalue weighted by Gasteiger charge is -2.23. The lowest BCUT2D eigenvalue weighted by Crippen LogP contribution is -2.37. The zero-order chi connectivity index (χ0) is 15.5. The molecule has 5 heteroatoms. The highest BCUT2D eigenvalue weighted by molar-refractivity contribution is 8.00. The van der Waals surface area contributed by atoms with Gasteiger partial charge in [0.15, 0.2) is 0 Å². The molecule has 2 rings (SSSR count). The summed E-state index contributed by atoms with van der Waals surface area (Å²) in [4.78, 5) is 14.2. The van der Waals surface area contributed by atoms with Crippen molar-refractivity contribution in [2.24, 2.45) is 0 Å². The second-order valence-corrected chi connectivity index (χ2v) is 7.88. The summed E-state index contributed by atoms with van der Waals surface area (Å²) in [7, 11) is 0. The van der Waals surface area contributed by atoms with Crippen LogP contribution in [0.4, 0.5) is 10.5 Å². The molecule has 1 saturated heterocycles. The quantitative estimate of drug-likeness (QED) is 0.879. The van der Waals surface area contributed by atoms with E-state index in [0.717, 1.165) is 36.5 Å². The predicted molar refractivity (Wildman–Crippen MR) is 88.8 cm³/mol. The van der Waals surface area contributed by atoms with Crippen LogP contribution in [0.2, 0.25) is 0 Å². The molecule has 1 aliphatic heterocycles. The van der Waals surface area contributed by atoms with Crippen molar-refractivity contribution >= 4 is 23.5 Å². The normalized spacial score (nSPS) is 19.7. The van der Waals surface area contributed by atoms with Crippen LogP contribution in [0, 0.1) is 0 Å². The number of carbonyl (C=O) groups is 1. The standard InChI is InChI=1S/C16H24N2O2S/c1-12(19)13-5-4-6-14(11-13)17-15(20)18-8-7-16(2,3)21-10-9-18/h4-6,11-12,19H,7-10H2,1-3H3,(H,17,20). The van der Waals surface area contributed by atoms with Gasteiger partial charge >= 0.3 is 6.03 Å². The Bertz CT molecular complexity index is 503. The van der Waals surface area contributed by atoms with Crippen LogP contribution >= 0.6 is 11.8 Å². The molecule has 1 aromatic rings. The maximum atomic E-state index is 12.4. The van der Waals surface area contributed by atoms with Crippen LogP contribution in [0.3, 0.4) is 0 Å². The van der Waals surface area contributed by atoms with Crippen molar-refractivity contribution in [3.8, 4) is 0 Å². The largest absolute Gasteiger partial charge is 0.389 e. The average Bonchev–Trinajstić information content (AvgIpc) is 2.60. The Hall–Kier alpha value is -1.20. The molecule has 0 radical (unpaired) electrons. The Morgan fingerprint density at radius 1 is 1.43 bits per heavy atom. The van der Waals surface area contributed by atoms with Crippen molar-refractivity contribution < 1.29 is 9.90 Å². The average molecular weight is 308 g/mol. The summed E-state index contributed by atoms with van der Waals surface area (Å²) in [5.41, 5.74) is 1.54. The summed E-state index contributed by atoms with van der Waals surface area (Å²) >= 11 is 1.92. The molecule has 2 N–H and O–H groups in total. The smallest absolute Gasteiger partial charge is 0.321 e. The second kappa shape index (κ2) is 6.71. The molecule has 1 unspecified atom stereocenters. The van der Waals surface area contributed by atoms with E-state index in [-0.39, 0.29) is 10.8 Å². The fraction of sp³-hybridized carbons (Fsp3) is 0.562. The van der Waals surface area contributed by atoms with E-state index in [1.165, 1.54) is 0 Å². The zero-order valence-electron chi connectivity index (χ0n) is 12.9. The number of carbonyl (C=O) groups excluding carboxylic acids is 1. The molecule has 0 spiro atoms. The van der Waals surface area contributed by atoms with E-state index < -0.39 is 6.10 Å². The first-order chi connectivity index (χ1) is 9.87. The van der Waals surface area contributed by atoms with Gasteiger partial charge in [0.25, 0.3) is 0 Å². The van der Waals surface area contributed by atoms with Gasteiger partial charge in [-0.25, -0.2) is 4.79 Å². The molecule has 21 heavy (non-hydrogen) atoms. The molecule has 0 aromatic heterocycles. The monoisotopic (exact) mass is 308 g/mol.